The number of halogens is 1. The third-order valence-corrected chi connectivity index (χ3v) is 7.16. The first-order chi connectivity index (χ1) is 16.8. The fourth-order valence-corrected chi connectivity index (χ4v) is 4.71. The molecule has 1 aliphatic heterocycles. The van der Waals surface area contributed by atoms with E-state index in [4.69, 9.17) is 16.3 Å². The second-order valence-corrected chi connectivity index (χ2v) is 9.42. The van der Waals surface area contributed by atoms with Crippen LogP contribution in [0.5, 0.6) is 5.75 Å². The maximum Gasteiger partial charge on any atom is 0.227 e. The summed E-state index contributed by atoms with van der Waals surface area (Å²) in [6, 6.07) is 13.2. The number of nitrogens with zero attached hydrogens (tertiary/aromatic N) is 3. The predicted octanol–water partition coefficient (Wildman–Crippen LogP) is 4.88. The number of piperidine rings is 1. The third kappa shape index (κ3) is 5.35. The minimum Gasteiger partial charge on any atom is -0.495 e. The van der Waals surface area contributed by atoms with Crippen molar-refractivity contribution in [1.29, 1.82) is 0 Å². The highest BCUT2D eigenvalue weighted by molar-refractivity contribution is 6.31. The number of carbonyl (C=O) groups excluding carboxylic acids is 2. The van der Waals surface area contributed by atoms with Crippen LogP contribution in [0, 0.1) is 26.7 Å². The summed E-state index contributed by atoms with van der Waals surface area (Å²) < 4.78 is 7.16. The van der Waals surface area contributed by atoms with Crippen molar-refractivity contribution in [3.8, 4) is 11.4 Å². The van der Waals surface area contributed by atoms with Crippen LogP contribution in [0.1, 0.15) is 35.4 Å². The van der Waals surface area contributed by atoms with Crippen molar-refractivity contribution in [2.24, 2.45) is 5.92 Å². The highest BCUT2D eigenvalue weighted by Crippen LogP contribution is 2.27. The van der Waals surface area contributed by atoms with Crippen LogP contribution >= 0.6 is 11.6 Å². The van der Waals surface area contributed by atoms with Crippen molar-refractivity contribution in [3.05, 3.63) is 70.0 Å². The maximum absolute atomic E-state index is 13.1. The second-order valence-electron chi connectivity index (χ2n) is 9.02. The summed E-state index contributed by atoms with van der Waals surface area (Å²) in [4.78, 5) is 27.8. The molecule has 0 spiro atoms. The van der Waals surface area contributed by atoms with Crippen molar-refractivity contribution in [2.75, 3.05) is 25.5 Å². The van der Waals surface area contributed by atoms with Crippen molar-refractivity contribution in [3.63, 3.8) is 0 Å². The molecule has 7 nitrogen and oxygen atoms in total. The molecule has 4 rings (SSSR count). The lowest BCUT2D eigenvalue weighted by molar-refractivity contribution is -0.133. The Hall–Kier alpha value is -3.32. The molecular formula is C27H31ClN4O3. The number of anilines is 1. The Kier molecular flexibility index (Phi) is 7.45. The predicted molar refractivity (Wildman–Crippen MR) is 137 cm³/mol. The van der Waals surface area contributed by atoms with E-state index >= 15 is 0 Å². The van der Waals surface area contributed by atoms with Gasteiger partial charge in [0.25, 0.3) is 0 Å². The van der Waals surface area contributed by atoms with Crippen LogP contribution in [-0.4, -0.2) is 46.7 Å². The first kappa shape index (κ1) is 24.8. The van der Waals surface area contributed by atoms with Gasteiger partial charge in [-0.15, -0.1) is 0 Å². The average molecular weight is 495 g/mol. The van der Waals surface area contributed by atoms with Crippen LogP contribution in [0.3, 0.4) is 0 Å². The molecule has 1 aliphatic rings. The summed E-state index contributed by atoms with van der Waals surface area (Å²) in [5, 5.41) is 8.32. The molecule has 0 atom stereocenters. The van der Waals surface area contributed by atoms with Gasteiger partial charge in [-0.1, -0.05) is 29.8 Å². The zero-order valence-corrected chi connectivity index (χ0v) is 21.4. The number of likely N-dealkylation sites (tertiary alicyclic amines) is 1. The molecule has 8 heteroatoms. The van der Waals surface area contributed by atoms with Crippen LogP contribution in [0.2, 0.25) is 5.02 Å². The number of aryl methyl sites for hydroxylation is 2. The molecule has 1 saturated heterocycles. The molecule has 0 saturated carbocycles. The third-order valence-electron chi connectivity index (χ3n) is 6.75. The first-order valence-corrected chi connectivity index (χ1v) is 12.2. The molecular weight excluding hydrogens is 464 g/mol. The van der Waals surface area contributed by atoms with Crippen LogP contribution in [-0.2, 0) is 16.0 Å². The van der Waals surface area contributed by atoms with E-state index in [9.17, 15) is 9.59 Å². The Balaban J connectivity index is 1.37. The van der Waals surface area contributed by atoms with Crippen molar-refractivity contribution in [2.45, 2.75) is 40.0 Å². The average Bonchev–Trinajstić information content (AvgIpc) is 3.14. The SMILES string of the molecule is COc1ccccc1NC(=O)C1CCN(C(=O)Cc2c(C)nn(-c3ccc(C)c(Cl)c3)c2C)CC1. The van der Waals surface area contributed by atoms with Gasteiger partial charge < -0.3 is 15.0 Å². The van der Waals surface area contributed by atoms with Crippen molar-refractivity contribution < 1.29 is 14.3 Å². The van der Waals surface area contributed by atoms with Gasteiger partial charge in [0.2, 0.25) is 11.8 Å². The molecule has 0 unspecified atom stereocenters. The number of rotatable bonds is 6. The molecule has 0 radical (unpaired) electrons. The summed E-state index contributed by atoms with van der Waals surface area (Å²) in [6.07, 6.45) is 1.55. The summed E-state index contributed by atoms with van der Waals surface area (Å²) in [6.45, 7) is 6.98. The van der Waals surface area contributed by atoms with Crippen LogP contribution in [0.25, 0.3) is 5.69 Å². The molecule has 2 amide bonds. The van der Waals surface area contributed by atoms with Gasteiger partial charge in [0, 0.05) is 35.3 Å². The van der Waals surface area contributed by atoms with Gasteiger partial charge in [0.05, 0.1) is 30.6 Å². The molecule has 35 heavy (non-hydrogen) atoms. The van der Waals surface area contributed by atoms with Crippen LogP contribution < -0.4 is 10.1 Å². The minimum atomic E-state index is -0.138. The summed E-state index contributed by atoms with van der Waals surface area (Å²) in [5.41, 5.74) is 5.24. The van der Waals surface area contributed by atoms with Gasteiger partial charge in [-0.25, -0.2) is 4.68 Å². The molecule has 3 aromatic rings. The second kappa shape index (κ2) is 10.5. The zero-order chi connectivity index (χ0) is 25.1. The number of amides is 2. The van der Waals surface area contributed by atoms with E-state index < -0.39 is 0 Å². The highest BCUT2D eigenvalue weighted by Gasteiger charge is 2.28. The molecule has 1 N–H and O–H groups in total. The van der Waals surface area contributed by atoms with Crippen molar-refractivity contribution in [1.82, 2.24) is 14.7 Å². The van der Waals surface area contributed by atoms with E-state index in [0.29, 0.717) is 42.4 Å². The fourth-order valence-electron chi connectivity index (χ4n) is 4.53. The number of carbonyl (C=O) groups is 2. The monoisotopic (exact) mass is 494 g/mol. The van der Waals surface area contributed by atoms with Crippen molar-refractivity contribution >= 4 is 29.1 Å². The summed E-state index contributed by atoms with van der Waals surface area (Å²) >= 11 is 6.31. The van der Waals surface area contributed by atoms with Gasteiger partial charge in [-0.3, -0.25) is 9.59 Å². The Morgan fingerprint density at radius 1 is 1.11 bits per heavy atom. The molecule has 0 aliphatic carbocycles. The largest absolute Gasteiger partial charge is 0.495 e. The van der Waals surface area contributed by atoms with E-state index in [-0.39, 0.29) is 24.2 Å². The smallest absolute Gasteiger partial charge is 0.227 e. The number of hydrogen-bond acceptors (Lipinski definition) is 4. The number of aromatic nitrogens is 2. The van der Waals surface area contributed by atoms with Gasteiger partial charge in [-0.05, 0) is 63.4 Å². The number of ether oxygens (including phenoxy) is 1. The first-order valence-electron chi connectivity index (χ1n) is 11.8. The normalized spacial score (nSPS) is 14.1. The lowest BCUT2D eigenvalue weighted by atomic mass is 9.95. The maximum atomic E-state index is 13.1. The Morgan fingerprint density at radius 3 is 2.51 bits per heavy atom. The van der Waals surface area contributed by atoms with Crippen LogP contribution in [0.15, 0.2) is 42.5 Å². The molecule has 2 heterocycles. The van der Waals surface area contributed by atoms with E-state index in [1.165, 1.54) is 0 Å². The number of hydrogen-bond donors (Lipinski definition) is 1. The van der Waals surface area contributed by atoms with E-state index in [1.54, 1.807) is 7.11 Å². The van der Waals surface area contributed by atoms with Crippen LogP contribution in [0.4, 0.5) is 5.69 Å². The summed E-state index contributed by atoms with van der Waals surface area (Å²) in [7, 11) is 1.58. The van der Waals surface area contributed by atoms with Gasteiger partial charge in [-0.2, -0.15) is 5.10 Å². The van der Waals surface area contributed by atoms with E-state index in [1.807, 2.05) is 72.8 Å². The fraction of sp³-hybridized carbons (Fsp3) is 0.370. The summed E-state index contributed by atoms with van der Waals surface area (Å²) in [5.74, 6) is 0.515. The highest BCUT2D eigenvalue weighted by atomic mass is 35.5. The zero-order valence-electron chi connectivity index (χ0n) is 20.6. The van der Waals surface area contributed by atoms with E-state index in [0.717, 1.165) is 28.2 Å². The lowest BCUT2D eigenvalue weighted by Crippen LogP contribution is -2.42. The number of para-hydroxylation sites is 2. The molecule has 0 bridgehead atoms. The Morgan fingerprint density at radius 2 is 1.83 bits per heavy atom. The van der Waals surface area contributed by atoms with Gasteiger partial charge in [0.1, 0.15) is 5.75 Å². The standard InChI is InChI=1S/C27H31ClN4O3/c1-17-9-10-21(15-23(17)28)32-19(3)22(18(2)30-32)16-26(33)31-13-11-20(12-14-31)27(34)29-24-7-5-6-8-25(24)35-4/h5-10,15,20H,11-14,16H2,1-4H3,(H,29,34). The Bertz CT molecular complexity index is 1250. The molecule has 184 valence electrons. The Labute approximate surface area is 211 Å². The molecule has 1 aromatic heterocycles. The van der Waals surface area contributed by atoms with Gasteiger partial charge >= 0.3 is 0 Å². The molecule has 1 fully saturated rings. The topological polar surface area (TPSA) is 76.5 Å². The molecule has 2 aromatic carbocycles. The number of methoxy groups -OCH3 is 1. The lowest BCUT2D eigenvalue weighted by Gasteiger charge is -2.31. The number of nitrogens with one attached hydrogen (secondary N) is 1. The number of benzene rings is 2. The van der Waals surface area contributed by atoms with Gasteiger partial charge in [0.15, 0.2) is 0 Å². The van der Waals surface area contributed by atoms with E-state index in [2.05, 4.69) is 10.4 Å². The quantitative estimate of drug-likeness (QED) is 0.530. The minimum absolute atomic E-state index is 0.0358.